The van der Waals surface area contributed by atoms with Crippen molar-refractivity contribution in [2.45, 2.75) is 24.5 Å². The summed E-state index contributed by atoms with van der Waals surface area (Å²) in [6.45, 7) is -0.844. The lowest BCUT2D eigenvalue weighted by Gasteiger charge is -2.17. The Morgan fingerprint density at radius 1 is 1.22 bits per heavy atom. The largest absolute Gasteiger partial charge is 0.481 e. The Morgan fingerprint density at radius 3 is 2.59 bits per heavy atom. The molecule has 2 aromatic heterocycles. The van der Waals surface area contributed by atoms with Gasteiger partial charge in [0.05, 0.1) is 19.3 Å². The van der Waals surface area contributed by atoms with Gasteiger partial charge in [0, 0.05) is 0 Å². The number of hydrogen-bond donors (Lipinski definition) is 6. The number of H-pyrrole nitrogens is 1. The molecule has 1 fully saturated rings. The molecule has 1 unspecified atom stereocenters. The van der Waals surface area contributed by atoms with Gasteiger partial charge >= 0.3 is 15.6 Å². The highest BCUT2D eigenvalue weighted by Gasteiger charge is 2.46. The summed E-state index contributed by atoms with van der Waals surface area (Å²) in [5.74, 6) is 0. The number of nitrogens with one attached hydrogen (secondary N) is 1. The van der Waals surface area contributed by atoms with Crippen molar-refractivity contribution in [3.63, 3.8) is 0 Å². The van der Waals surface area contributed by atoms with E-state index in [2.05, 4.69) is 23.8 Å². The zero-order valence-electron chi connectivity index (χ0n) is 13.1. The van der Waals surface area contributed by atoms with E-state index in [0.29, 0.717) is 0 Å². The summed E-state index contributed by atoms with van der Waals surface area (Å²) in [4.78, 5) is 48.0. The molecule has 5 atom stereocenters. The molecule has 17 heteroatoms. The van der Waals surface area contributed by atoms with E-state index >= 15 is 0 Å². The van der Waals surface area contributed by atoms with Crippen molar-refractivity contribution in [1.29, 1.82) is 0 Å². The molecule has 0 aliphatic carbocycles. The standard InChI is InChI=1S/C10H14N4O11P2/c15-6-4(1-23-27(21,22)25-26(18,19)20)24-10(7(6)16)14-3-13-5-8(14)11-2-12-9(5)17/h2-4,6-7,10,15-16H,1H2,(H,21,22)(H,11,12,17)(H2,18,19,20)/t4-,6+,7-,10-/m0/s1. The third-order valence-electron chi connectivity index (χ3n) is 3.59. The average molecular weight is 428 g/mol. The van der Waals surface area contributed by atoms with E-state index in [-0.39, 0.29) is 11.2 Å². The average Bonchev–Trinajstić information content (AvgIpc) is 3.07. The predicted molar refractivity (Wildman–Crippen MR) is 83.0 cm³/mol. The normalized spacial score (nSPS) is 28.5. The van der Waals surface area contributed by atoms with E-state index in [0.717, 1.165) is 12.7 Å². The van der Waals surface area contributed by atoms with Crippen LogP contribution in [0.4, 0.5) is 0 Å². The third-order valence-corrected chi connectivity index (χ3v) is 5.74. The fraction of sp³-hybridized carbons (Fsp3) is 0.500. The van der Waals surface area contributed by atoms with Gasteiger partial charge in [0.2, 0.25) is 0 Å². The summed E-state index contributed by atoms with van der Waals surface area (Å²) in [5, 5.41) is 20.2. The maximum atomic E-state index is 11.7. The Bertz CT molecular complexity index is 985. The van der Waals surface area contributed by atoms with Crippen LogP contribution >= 0.6 is 15.6 Å². The first-order valence-electron chi connectivity index (χ1n) is 7.14. The van der Waals surface area contributed by atoms with Gasteiger partial charge in [-0.3, -0.25) is 13.9 Å². The highest BCUT2D eigenvalue weighted by molar-refractivity contribution is 7.60. The summed E-state index contributed by atoms with van der Waals surface area (Å²) in [6, 6.07) is 0. The molecule has 2 aromatic rings. The number of phosphoric acid groups is 2. The lowest BCUT2D eigenvalue weighted by Crippen LogP contribution is -2.33. The van der Waals surface area contributed by atoms with Crippen LogP contribution in [0.3, 0.4) is 0 Å². The SMILES string of the molecule is O=c1[nH]cnc2c1ncn2[C@H]1O[C@@H](COP(=O)(O)OP(=O)(O)O)[C@@H](O)[C@@H]1O. The molecule has 27 heavy (non-hydrogen) atoms. The number of aliphatic hydroxyl groups excluding tert-OH is 2. The van der Waals surface area contributed by atoms with Crippen LogP contribution in [0.15, 0.2) is 17.4 Å². The van der Waals surface area contributed by atoms with E-state index in [1.165, 1.54) is 4.57 Å². The van der Waals surface area contributed by atoms with Gasteiger partial charge in [-0.05, 0) is 0 Å². The molecule has 0 spiro atoms. The maximum Gasteiger partial charge on any atom is 0.481 e. The van der Waals surface area contributed by atoms with Crippen LogP contribution < -0.4 is 5.56 Å². The quantitative estimate of drug-likeness (QED) is 0.273. The van der Waals surface area contributed by atoms with Crippen LogP contribution in [-0.2, 0) is 22.7 Å². The second-order valence-electron chi connectivity index (χ2n) is 5.44. The lowest BCUT2D eigenvalue weighted by atomic mass is 10.1. The fourth-order valence-corrected chi connectivity index (χ4v) is 4.07. The zero-order chi connectivity index (χ0) is 20.0. The summed E-state index contributed by atoms with van der Waals surface area (Å²) < 4.78 is 36.6. The van der Waals surface area contributed by atoms with Gasteiger partial charge in [0.1, 0.15) is 18.3 Å². The molecule has 3 heterocycles. The number of aliphatic hydroxyl groups is 2. The Kier molecular flexibility index (Phi) is 5.35. The van der Waals surface area contributed by atoms with E-state index in [1.54, 1.807) is 0 Å². The summed E-state index contributed by atoms with van der Waals surface area (Å²) in [7, 11) is -10.5. The van der Waals surface area contributed by atoms with Crippen LogP contribution in [0.1, 0.15) is 6.23 Å². The number of phosphoric ester groups is 1. The maximum absolute atomic E-state index is 11.7. The van der Waals surface area contributed by atoms with Crippen molar-refractivity contribution in [3.05, 3.63) is 23.0 Å². The molecule has 1 saturated heterocycles. The molecular weight excluding hydrogens is 414 g/mol. The van der Waals surface area contributed by atoms with E-state index in [9.17, 15) is 29.0 Å². The summed E-state index contributed by atoms with van der Waals surface area (Å²) in [5.41, 5.74) is -0.533. The number of aromatic nitrogens is 4. The first-order valence-corrected chi connectivity index (χ1v) is 10.2. The minimum atomic E-state index is -5.30. The van der Waals surface area contributed by atoms with Crippen molar-refractivity contribution >= 4 is 26.8 Å². The van der Waals surface area contributed by atoms with Crippen molar-refractivity contribution in [2.24, 2.45) is 0 Å². The smallest absolute Gasteiger partial charge is 0.387 e. The molecule has 0 amide bonds. The first kappa shape index (κ1) is 20.2. The van der Waals surface area contributed by atoms with E-state index in [1.807, 2.05) is 0 Å². The predicted octanol–water partition coefficient (Wildman–Crippen LogP) is -2.03. The molecule has 0 radical (unpaired) electrons. The van der Waals surface area contributed by atoms with Gasteiger partial charge in [-0.25, -0.2) is 19.1 Å². The van der Waals surface area contributed by atoms with Gasteiger partial charge < -0.3 is 34.6 Å². The van der Waals surface area contributed by atoms with Crippen LogP contribution in [-0.4, -0.2) is 69.3 Å². The van der Waals surface area contributed by atoms with Crippen molar-refractivity contribution in [2.75, 3.05) is 6.61 Å². The second kappa shape index (κ2) is 7.14. The van der Waals surface area contributed by atoms with Crippen molar-refractivity contribution in [3.8, 4) is 0 Å². The number of ether oxygens (including phenoxy) is 1. The van der Waals surface area contributed by atoms with Gasteiger partial charge in [0.25, 0.3) is 5.56 Å². The van der Waals surface area contributed by atoms with Gasteiger partial charge in [-0.1, -0.05) is 0 Å². The summed E-state index contributed by atoms with van der Waals surface area (Å²) in [6.07, 6.45) is -3.56. The summed E-state index contributed by atoms with van der Waals surface area (Å²) >= 11 is 0. The van der Waals surface area contributed by atoms with Crippen LogP contribution in [0.25, 0.3) is 11.2 Å². The van der Waals surface area contributed by atoms with Crippen LogP contribution in [0, 0.1) is 0 Å². The highest BCUT2D eigenvalue weighted by atomic mass is 31.3. The molecule has 0 aromatic carbocycles. The molecule has 0 saturated carbocycles. The van der Waals surface area contributed by atoms with E-state index < -0.39 is 52.4 Å². The Hall–Kier alpha value is -1.51. The highest BCUT2D eigenvalue weighted by Crippen LogP contribution is 2.57. The molecule has 6 N–H and O–H groups in total. The fourth-order valence-electron chi connectivity index (χ4n) is 2.47. The number of rotatable bonds is 6. The Morgan fingerprint density at radius 2 is 1.93 bits per heavy atom. The molecule has 1 aliphatic heterocycles. The molecule has 15 nitrogen and oxygen atoms in total. The minimum Gasteiger partial charge on any atom is -0.387 e. The lowest BCUT2D eigenvalue weighted by molar-refractivity contribution is -0.0503. The Labute approximate surface area is 149 Å². The second-order valence-corrected chi connectivity index (χ2v) is 8.27. The van der Waals surface area contributed by atoms with Gasteiger partial charge in [-0.2, -0.15) is 4.31 Å². The minimum absolute atomic E-state index is 0.0441. The molecule has 3 rings (SSSR count). The number of aromatic amines is 1. The van der Waals surface area contributed by atoms with Crippen molar-refractivity contribution < 1.29 is 47.6 Å². The zero-order valence-corrected chi connectivity index (χ0v) is 14.9. The third kappa shape index (κ3) is 4.33. The van der Waals surface area contributed by atoms with Gasteiger partial charge in [-0.15, -0.1) is 0 Å². The van der Waals surface area contributed by atoms with Crippen molar-refractivity contribution in [1.82, 2.24) is 19.5 Å². The van der Waals surface area contributed by atoms with Crippen LogP contribution in [0.5, 0.6) is 0 Å². The Balaban J connectivity index is 1.76. The van der Waals surface area contributed by atoms with Crippen LogP contribution in [0.2, 0.25) is 0 Å². The molecule has 150 valence electrons. The number of fused-ring (bicyclic) bond motifs is 1. The number of nitrogens with zero attached hydrogens (tertiary/aromatic N) is 3. The molecule has 1 aliphatic rings. The first-order chi connectivity index (χ1) is 12.5. The van der Waals surface area contributed by atoms with Gasteiger partial charge in [0.15, 0.2) is 17.4 Å². The molecular formula is C10H14N4O11P2. The van der Waals surface area contributed by atoms with E-state index in [4.69, 9.17) is 14.5 Å². The topological polar surface area (TPSA) is 227 Å². The number of hydrogen-bond acceptors (Lipinski definition) is 10. The molecule has 0 bridgehead atoms. The number of imidazole rings is 1. The monoisotopic (exact) mass is 428 g/mol.